The lowest BCUT2D eigenvalue weighted by molar-refractivity contribution is 0.307. The van der Waals surface area contributed by atoms with E-state index in [1.165, 1.54) is 84.9 Å². The van der Waals surface area contributed by atoms with Crippen LogP contribution in [-0.2, 0) is 6.42 Å². The Morgan fingerprint density at radius 1 is 0.515 bits per heavy atom. The van der Waals surface area contributed by atoms with Crippen LogP contribution in [0, 0.1) is 0 Å². The van der Waals surface area contributed by atoms with Crippen molar-refractivity contribution in [3.63, 3.8) is 0 Å². The molecule has 3 aromatic rings. The summed E-state index contributed by atoms with van der Waals surface area (Å²) in [5.74, 6) is 2.06. The fraction of sp³-hybridized carbons (Fsp3) is 0.548. The number of hydrogen-bond acceptors (Lipinski definition) is 2. The number of unbranched alkanes of at least 4 members (excludes halogenated alkanes) is 8. The molecule has 0 N–H and O–H groups in total. The summed E-state index contributed by atoms with van der Waals surface area (Å²) in [6, 6.07) is 15.6. The van der Waals surface area contributed by atoms with Crippen LogP contribution in [0.3, 0.4) is 0 Å². The molecule has 0 heterocycles. The van der Waals surface area contributed by atoms with E-state index in [2.05, 4.69) is 63.2 Å². The number of ether oxygens (including phenoxy) is 2. The van der Waals surface area contributed by atoms with Crippen LogP contribution in [0.25, 0.3) is 21.5 Å². The third-order valence-corrected chi connectivity index (χ3v) is 6.55. The van der Waals surface area contributed by atoms with Crippen molar-refractivity contribution in [2.24, 2.45) is 0 Å². The SMILES string of the molecule is CCCCCCOc1c2ccccc2c(OCCCCCC)c2cc(CCCCC)ccc12. The Hall–Kier alpha value is -2.22. The Kier molecular flexibility index (Phi) is 10.9. The number of fused-ring (bicyclic) bond motifs is 2. The van der Waals surface area contributed by atoms with Crippen LogP contribution < -0.4 is 9.47 Å². The predicted molar refractivity (Wildman–Crippen MR) is 144 cm³/mol. The number of benzene rings is 3. The summed E-state index contributed by atoms with van der Waals surface area (Å²) < 4.78 is 13.0. The second-order valence-corrected chi connectivity index (χ2v) is 9.36. The maximum Gasteiger partial charge on any atom is 0.135 e. The Morgan fingerprint density at radius 3 is 1.61 bits per heavy atom. The topological polar surface area (TPSA) is 18.5 Å². The fourth-order valence-corrected chi connectivity index (χ4v) is 4.60. The van der Waals surface area contributed by atoms with Crippen LogP contribution in [0.2, 0.25) is 0 Å². The van der Waals surface area contributed by atoms with Crippen molar-refractivity contribution in [3.8, 4) is 11.5 Å². The first-order valence-electron chi connectivity index (χ1n) is 13.5. The van der Waals surface area contributed by atoms with Gasteiger partial charge in [-0.15, -0.1) is 0 Å². The fourth-order valence-electron chi connectivity index (χ4n) is 4.60. The van der Waals surface area contributed by atoms with Gasteiger partial charge in [0, 0.05) is 21.5 Å². The lowest BCUT2D eigenvalue weighted by Crippen LogP contribution is -2.03. The molecule has 3 rings (SSSR count). The van der Waals surface area contributed by atoms with Crippen LogP contribution in [0.1, 0.15) is 97.0 Å². The summed E-state index contributed by atoms with van der Waals surface area (Å²) in [7, 11) is 0. The monoisotopic (exact) mass is 448 g/mol. The van der Waals surface area contributed by atoms with E-state index in [0.29, 0.717) is 0 Å². The first kappa shape index (κ1) is 25.4. The van der Waals surface area contributed by atoms with E-state index >= 15 is 0 Å². The van der Waals surface area contributed by atoms with E-state index in [0.717, 1.165) is 44.0 Å². The van der Waals surface area contributed by atoms with Gasteiger partial charge in [-0.2, -0.15) is 0 Å². The van der Waals surface area contributed by atoms with Crippen molar-refractivity contribution < 1.29 is 9.47 Å². The van der Waals surface area contributed by atoms with Crippen molar-refractivity contribution in [1.29, 1.82) is 0 Å². The van der Waals surface area contributed by atoms with Crippen molar-refractivity contribution in [1.82, 2.24) is 0 Å². The van der Waals surface area contributed by atoms with Gasteiger partial charge in [0.05, 0.1) is 13.2 Å². The molecular formula is C31H44O2. The normalized spacial score (nSPS) is 11.4. The molecule has 2 heteroatoms. The Labute approximate surface area is 201 Å². The van der Waals surface area contributed by atoms with Crippen LogP contribution >= 0.6 is 0 Å². The van der Waals surface area contributed by atoms with Crippen LogP contribution in [0.15, 0.2) is 42.5 Å². The quantitative estimate of drug-likeness (QED) is 0.160. The molecule has 0 aromatic heterocycles. The lowest BCUT2D eigenvalue weighted by atomic mass is 9.97. The van der Waals surface area contributed by atoms with Gasteiger partial charge in [-0.3, -0.25) is 0 Å². The Balaban J connectivity index is 1.98. The third-order valence-electron chi connectivity index (χ3n) is 6.55. The molecule has 0 atom stereocenters. The third kappa shape index (κ3) is 7.13. The molecule has 0 aliphatic rings. The van der Waals surface area contributed by atoms with Crippen LogP contribution in [0.4, 0.5) is 0 Å². The van der Waals surface area contributed by atoms with Crippen LogP contribution in [-0.4, -0.2) is 13.2 Å². The molecule has 0 aliphatic heterocycles. The summed E-state index contributed by atoms with van der Waals surface area (Å²) in [5.41, 5.74) is 1.40. The second kappa shape index (κ2) is 14.1. The smallest absolute Gasteiger partial charge is 0.135 e. The molecule has 0 saturated heterocycles. The molecule has 180 valence electrons. The van der Waals surface area contributed by atoms with Crippen molar-refractivity contribution in [2.75, 3.05) is 13.2 Å². The van der Waals surface area contributed by atoms with Crippen molar-refractivity contribution in [2.45, 2.75) is 97.8 Å². The average Bonchev–Trinajstić information content (AvgIpc) is 2.84. The zero-order chi connectivity index (χ0) is 23.3. The molecule has 0 saturated carbocycles. The van der Waals surface area contributed by atoms with E-state index in [1.807, 2.05) is 0 Å². The minimum absolute atomic E-state index is 0.772. The summed E-state index contributed by atoms with van der Waals surface area (Å²) in [6.45, 7) is 8.32. The minimum atomic E-state index is 0.772. The van der Waals surface area contributed by atoms with Gasteiger partial charge in [0.25, 0.3) is 0 Å². The second-order valence-electron chi connectivity index (χ2n) is 9.36. The molecule has 0 bridgehead atoms. The van der Waals surface area contributed by atoms with Crippen molar-refractivity contribution in [3.05, 3.63) is 48.0 Å². The van der Waals surface area contributed by atoms with Gasteiger partial charge in [-0.05, 0) is 37.3 Å². The summed E-state index contributed by atoms with van der Waals surface area (Å²) in [5, 5.41) is 4.74. The number of hydrogen-bond donors (Lipinski definition) is 0. The molecule has 0 fully saturated rings. The Bertz CT molecular complexity index is 975. The van der Waals surface area contributed by atoms with Gasteiger partial charge in [-0.1, -0.05) is 109 Å². The van der Waals surface area contributed by atoms with E-state index < -0.39 is 0 Å². The highest BCUT2D eigenvalue weighted by Crippen LogP contribution is 2.43. The van der Waals surface area contributed by atoms with E-state index in [1.54, 1.807) is 0 Å². The highest BCUT2D eigenvalue weighted by atomic mass is 16.5. The van der Waals surface area contributed by atoms with Gasteiger partial charge in [0.2, 0.25) is 0 Å². The number of rotatable bonds is 16. The maximum absolute atomic E-state index is 6.52. The summed E-state index contributed by atoms with van der Waals surface area (Å²) >= 11 is 0. The minimum Gasteiger partial charge on any atom is -0.492 e. The molecule has 0 aliphatic carbocycles. The summed E-state index contributed by atoms with van der Waals surface area (Å²) in [4.78, 5) is 0. The molecule has 0 unspecified atom stereocenters. The summed E-state index contributed by atoms with van der Waals surface area (Å²) in [6.07, 6.45) is 14.6. The van der Waals surface area contributed by atoms with E-state index in [-0.39, 0.29) is 0 Å². The molecule has 2 nitrogen and oxygen atoms in total. The highest BCUT2D eigenvalue weighted by Gasteiger charge is 2.16. The van der Waals surface area contributed by atoms with Crippen LogP contribution in [0.5, 0.6) is 11.5 Å². The molecule has 33 heavy (non-hydrogen) atoms. The van der Waals surface area contributed by atoms with Gasteiger partial charge >= 0.3 is 0 Å². The van der Waals surface area contributed by atoms with E-state index in [4.69, 9.17) is 9.47 Å². The molecule has 0 spiro atoms. The predicted octanol–water partition coefficient (Wildman–Crippen LogP) is 9.64. The highest BCUT2D eigenvalue weighted by molar-refractivity contribution is 6.11. The van der Waals surface area contributed by atoms with Gasteiger partial charge < -0.3 is 9.47 Å². The average molecular weight is 449 g/mol. The molecule has 3 aromatic carbocycles. The first-order valence-corrected chi connectivity index (χ1v) is 13.5. The standard InChI is InChI=1S/C31H44O2/c1-4-7-10-15-22-32-30-26-18-13-14-19-27(26)31(33-23-16-11-8-5-2)29-24-25(17-12-9-6-3)20-21-28(29)30/h13-14,18-21,24H,4-12,15-17,22-23H2,1-3H3. The number of aryl methyl sites for hydroxylation is 1. The van der Waals surface area contributed by atoms with Crippen molar-refractivity contribution >= 4 is 21.5 Å². The Morgan fingerprint density at radius 2 is 1.03 bits per heavy atom. The zero-order valence-corrected chi connectivity index (χ0v) is 21.3. The van der Waals surface area contributed by atoms with Gasteiger partial charge in [0.1, 0.15) is 11.5 Å². The molecular weight excluding hydrogens is 404 g/mol. The van der Waals surface area contributed by atoms with E-state index in [9.17, 15) is 0 Å². The first-order chi connectivity index (χ1) is 16.3. The largest absolute Gasteiger partial charge is 0.492 e. The molecule has 0 radical (unpaired) electrons. The van der Waals surface area contributed by atoms with Gasteiger partial charge in [-0.25, -0.2) is 0 Å². The molecule has 0 amide bonds. The zero-order valence-electron chi connectivity index (χ0n) is 21.3. The maximum atomic E-state index is 6.52. The van der Waals surface area contributed by atoms with Gasteiger partial charge in [0.15, 0.2) is 0 Å². The lowest BCUT2D eigenvalue weighted by Gasteiger charge is -2.19.